The second-order valence-corrected chi connectivity index (χ2v) is 6.85. The van der Waals surface area contributed by atoms with Crippen LogP contribution in [0.1, 0.15) is 5.56 Å². The monoisotopic (exact) mass is 433 g/mol. The van der Waals surface area contributed by atoms with E-state index in [1.54, 1.807) is 30.3 Å². The number of alkyl carbamates (subject to hydrolysis) is 1. The highest BCUT2D eigenvalue weighted by atomic mass is 16.6. The van der Waals surface area contributed by atoms with Gasteiger partial charge in [0, 0.05) is 16.8 Å². The molecule has 8 heteroatoms. The van der Waals surface area contributed by atoms with Gasteiger partial charge in [0.2, 0.25) is 0 Å². The van der Waals surface area contributed by atoms with E-state index in [-0.39, 0.29) is 24.5 Å². The van der Waals surface area contributed by atoms with E-state index >= 15 is 0 Å². The highest BCUT2D eigenvalue weighted by Gasteiger charge is 2.12. The van der Waals surface area contributed by atoms with E-state index in [1.807, 2.05) is 30.3 Å². The number of hydrogen-bond donors (Lipinski definition) is 1. The molecule has 0 aliphatic carbocycles. The van der Waals surface area contributed by atoms with Crippen LogP contribution in [0, 0.1) is 0 Å². The van der Waals surface area contributed by atoms with Gasteiger partial charge in [0.15, 0.2) is 0 Å². The van der Waals surface area contributed by atoms with Crippen LogP contribution in [0.3, 0.4) is 0 Å². The zero-order chi connectivity index (χ0) is 22.5. The van der Waals surface area contributed by atoms with Crippen LogP contribution < -0.4 is 20.4 Å². The average molecular weight is 433 g/mol. The van der Waals surface area contributed by atoms with Gasteiger partial charge in [-0.05, 0) is 35.9 Å². The van der Waals surface area contributed by atoms with E-state index in [1.165, 1.54) is 13.2 Å². The normalized spacial score (nSPS) is 10.7. The molecule has 0 fully saturated rings. The number of carbonyl (C=O) groups is 2. The number of nitrogens with one attached hydrogen (secondary N) is 1. The lowest BCUT2D eigenvalue weighted by Crippen LogP contribution is -2.32. The van der Waals surface area contributed by atoms with Gasteiger partial charge in [-0.1, -0.05) is 30.3 Å². The van der Waals surface area contributed by atoms with Gasteiger partial charge in [-0.25, -0.2) is 14.4 Å². The maximum Gasteiger partial charge on any atom is 0.407 e. The maximum atomic E-state index is 12.3. The highest BCUT2D eigenvalue weighted by Crippen LogP contribution is 2.28. The van der Waals surface area contributed by atoms with Crippen molar-refractivity contribution in [3.8, 4) is 11.5 Å². The van der Waals surface area contributed by atoms with Crippen molar-refractivity contribution in [2.75, 3.05) is 13.7 Å². The van der Waals surface area contributed by atoms with Crippen LogP contribution in [-0.2, 0) is 16.1 Å². The van der Waals surface area contributed by atoms with Gasteiger partial charge < -0.3 is 23.9 Å². The van der Waals surface area contributed by atoms with Gasteiger partial charge in [-0.2, -0.15) is 0 Å². The fourth-order valence-electron chi connectivity index (χ4n) is 3.17. The van der Waals surface area contributed by atoms with E-state index in [0.717, 1.165) is 5.56 Å². The summed E-state index contributed by atoms with van der Waals surface area (Å²) in [6.45, 7) is -0.293. The minimum absolute atomic E-state index is 0.0886. The molecule has 0 aliphatic heterocycles. The molecule has 0 spiro atoms. The molecule has 3 aromatic carbocycles. The molecule has 1 heterocycles. The summed E-state index contributed by atoms with van der Waals surface area (Å²) in [5.74, 6) is 0.0244. The minimum Gasteiger partial charge on any atom is -0.497 e. The Hall–Kier alpha value is -4.33. The molecule has 1 N–H and O–H groups in total. The van der Waals surface area contributed by atoms with Gasteiger partial charge in [-0.3, -0.25) is 0 Å². The zero-order valence-corrected chi connectivity index (χ0v) is 17.1. The standard InChI is InChI=1S/C24H19NO7/c1-29-16-7-9-18-19-10-8-17(12-21(19)32-23(27)20(18)11-16)31-22(26)13-25-24(28)30-14-15-5-3-2-4-6-15/h2-12H,13-14H2,1H3,(H,25,28). The van der Waals surface area contributed by atoms with Crippen molar-refractivity contribution in [3.63, 3.8) is 0 Å². The van der Waals surface area contributed by atoms with Crippen LogP contribution in [0.15, 0.2) is 75.9 Å². The van der Waals surface area contributed by atoms with Crippen LogP contribution in [0.25, 0.3) is 21.7 Å². The molecule has 0 bridgehead atoms. The summed E-state index contributed by atoms with van der Waals surface area (Å²) in [7, 11) is 1.52. The van der Waals surface area contributed by atoms with E-state index in [2.05, 4.69) is 5.32 Å². The lowest BCUT2D eigenvalue weighted by molar-refractivity contribution is -0.133. The second kappa shape index (κ2) is 9.22. The molecule has 0 atom stereocenters. The first-order valence-corrected chi connectivity index (χ1v) is 9.73. The predicted molar refractivity (Wildman–Crippen MR) is 117 cm³/mol. The number of methoxy groups -OCH3 is 1. The number of esters is 1. The molecule has 1 aromatic heterocycles. The first-order valence-electron chi connectivity index (χ1n) is 9.73. The summed E-state index contributed by atoms with van der Waals surface area (Å²) < 4.78 is 20.8. The topological polar surface area (TPSA) is 104 Å². The molecule has 0 saturated heterocycles. The summed E-state index contributed by atoms with van der Waals surface area (Å²) in [5.41, 5.74) is 0.569. The molecule has 1 amide bonds. The number of benzene rings is 3. The summed E-state index contributed by atoms with van der Waals surface area (Å²) in [6, 6.07) is 19.0. The highest BCUT2D eigenvalue weighted by molar-refractivity contribution is 6.05. The van der Waals surface area contributed by atoms with Crippen molar-refractivity contribution in [2.45, 2.75) is 6.61 Å². The maximum absolute atomic E-state index is 12.3. The van der Waals surface area contributed by atoms with Gasteiger partial charge in [0.25, 0.3) is 0 Å². The molecule has 32 heavy (non-hydrogen) atoms. The Bertz CT molecular complexity index is 1350. The Balaban J connectivity index is 1.40. The van der Waals surface area contributed by atoms with Crippen LogP contribution >= 0.6 is 0 Å². The zero-order valence-electron chi connectivity index (χ0n) is 17.1. The Morgan fingerprint density at radius 2 is 1.66 bits per heavy atom. The molecule has 4 rings (SSSR count). The molecule has 0 unspecified atom stereocenters. The van der Waals surface area contributed by atoms with E-state index in [9.17, 15) is 14.4 Å². The molecule has 0 saturated carbocycles. The quantitative estimate of drug-likeness (QED) is 0.214. The minimum atomic E-state index is -0.739. The summed E-state index contributed by atoms with van der Waals surface area (Å²) in [4.78, 5) is 36.2. The largest absolute Gasteiger partial charge is 0.497 e. The third-order valence-corrected chi connectivity index (χ3v) is 4.71. The molecule has 0 aliphatic rings. The summed E-state index contributed by atoms with van der Waals surface area (Å²) in [5, 5.41) is 4.10. The summed E-state index contributed by atoms with van der Waals surface area (Å²) in [6.07, 6.45) is -0.739. The Morgan fingerprint density at radius 1 is 0.906 bits per heavy atom. The van der Waals surface area contributed by atoms with Gasteiger partial charge >= 0.3 is 17.7 Å². The van der Waals surface area contributed by atoms with Crippen molar-refractivity contribution < 1.29 is 28.2 Å². The fraction of sp³-hybridized carbons (Fsp3) is 0.125. The van der Waals surface area contributed by atoms with Crippen LogP contribution in [0.4, 0.5) is 4.79 Å². The molecule has 162 valence electrons. The van der Waals surface area contributed by atoms with E-state index < -0.39 is 17.7 Å². The Labute approximate surface area is 182 Å². The number of rotatable bonds is 6. The third kappa shape index (κ3) is 4.70. The van der Waals surface area contributed by atoms with Crippen molar-refractivity contribution >= 4 is 33.8 Å². The van der Waals surface area contributed by atoms with Crippen molar-refractivity contribution in [1.29, 1.82) is 0 Å². The van der Waals surface area contributed by atoms with Crippen LogP contribution in [0.2, 0.25) is 0 Å². The SMILES string of the molecule is COc1ccc2c(c1)c(=O)oc1cc(OC(=O)CNC(=O)OCc3ccccc3)ccc12. The molecule has 8 nitrogen and oxygen atoms in total. The van der Waals surface area contributed by atoms with Crippen molar-refractivity contribution in [3.05, 3.63) is 82.7 Å². The molecular formula is C24H19NO7. The molecular weight excluding hydrogens is 414 g/mol. The number of fused-ring (bicyclic) bond motifs is 3. The predicted octanol–water partition coefficient (Wildman–Crippen LogP) is 3.79. The third-order valence-electron chi connectivity index (χ3n) is 4.71. The van der Waals surface area contributed by atoms with Gasteiger partial charge in [0.05, 0.1) is 12.5 Å². The molecule has 4 aromatic rings. The number of hydrogen-bond acceptors (Lipinski definition) is 7. The number of ether oxygens (including phenoxy) is 3. The smallest absolute Gasteiger partial charge is 0.407 e. The van der Waals surface area contributed by atoms with Crippen LogP contribution in [-0.4, -0.2) is 25.7 Å². The first kappa shape index (κ1) is 20.9. The van der Waals surface area contributed by atoms with Gasteiger partial charge in [-0.15, -0.1) is 0 Å². The lowest BCUT2D eigenvalue weighted by atomic mass is 10.1. The first-order chi connectivity index (χ1) is 15.5. The fourth-order valence-corrected chi connectivity index (χ4v) is 3.17. The summed E-state index contributed by atoms with van der Waals surface area (Å²) >= 11 is 0. The number of carbonyl (C=O) groups excluding carboxylic acids is 2. The van der Waals surface area contributed by atoms with E-state index in [0.29, 0.717) is 21.9 Å². The van der Waals surface area contributed by atoms with E-state index in [4.69, 9.17) is 18.6 Å². The van der Waals surface area contributed by atoms with Crippen molar-refractivity contribution in [2.24, 2.45) is 0 Å². The number of amides is 1. The average Bonchev–Trinajstić information content (AvgIpc) is 2.82. The van der Waals surface area contributed by atoms with Gasteiger partial charge in [0.1, 0.15) is 30.2 Å². The Kier molecular flexibility index (Phi) is 6.03. The van der Waals surface area contributed by atoms with Crippen molar-refractivity contribution in [1.82, 2.24) is 5.32 Å². The second-order valence-electron chi connectivity index (χ2n) is 6.85. The Morgan fingerprint density at radius 3 is 2.44 bits per heavy atom. The molecule has 0 radical (unpaired) electrons. The lowest BCUT2D eigenvalue weighted by Gasteiger charge is -2.09. The van der Waals surface area contributed by atoms with Crippen LogP contribution in [0.5, 0.6) is 11.5 Å².